The number of aromatic amines is 1. The Morgan fingerprint density at radius 1 is 1.26 bits per heavy atom. The molecule has 0 radical (unpaired) electrons. The number of H-pyrrole nitrogens is 1. The maximum atomic E-state index is 11.3. The molecule has 1 atom stereocenters. The summed E-state index contributed by atoms with van der Waals surface area (Å²) < 4.78 is 0. The van der Waals surface area contributed by atoms with Crippen molar-refractivity contribution in [1.82, 2.24) is 14.9 Å². The van der Waals surface area contributed by atoms with E-state index in [4.69, 9.17) is 0 Å². The van der Waals surface area contributed by atoms with Crippen LogP contribution in [-0.4, -0.2) is 45.2 Å². The maximum absolute atomic E-state index is 11.3. The third-order valence-electron chi connectivity index (χ3n) is 5.93. The highest BCUT2D eigenvalue weighted by molar-refractivity contribution is 6.07. The third kappa shape index (κ3) is 3.42. The minimum Gasteiger partial charge on any atom is -0.465 e. The lowest BCUT2D eigenvalue weighted by atomic mass is 9.94. The van der Waals surface area contributed by atoms with Gasteiger partial charge in [-0.3, -0.25) is 0 Å². The molecular weight excluding hydrogens is 390 g/mol. The number of hydrogen-bond acceptors (Lipinski definition) is 4. The van der Waals surface area contributed by atoms with Gasteiger partial charge in [-0.2, -0.15) is 5.26 Å². The molecule has 7 nitrogen and oxygen atoms in total. The van der Waals surface area contributed by atoms with Crippen molar-refractivity contribution in [2.75, 3.05) is 18.4 Å². The van der Waals surface area contributed by atoms with Gasteiger partial charge in [0.2, 0.25) is 0 Å². The number of likely N-dealkylation sites (tertiary alicyclic amines) is 1. The Morgan fingerprint density at radius 3 is 2.97 bits per heavy atom. The average molecular weight is 411 g/mol. The van der Waals surface area contributed by atoms with Gasteiger partial charge in [-0.1, -0.05) is 24.3 Å². The lowest BCUT2D eigenvalue weighted by Crippen LogP contribution is -2.44. The van der Waals surface area contributed by atoms with E-state index in [0.717, 1.165) is 45.6 Å². The molecule has 2 aromatic heterocycles. The molecule has 0 unspecified atom stereocenters. The predicted molar refractivity (Wildman–Crippen MR) is 120 cm³/mol. The number of anilines is 1. The van der Waals surface area contributed by atoms with Gasteiger partial charge in [0, 0.05) is 58.9 Å². The smallest absolute Gasteiger partial charge is 0.407 e. The number of aromatic nitrogens is 2. The first-order valence-electron chi connectivity index (χ1n) is 10.3. The molecule has 154 valence electrons. The van der Waals surface area contributed by atoms with Gasteiger partial charge in [-0.25, -0.2) is 9.78 Å². The van der Waals surface area contributed by atoms with Gasteiger partial charge in [-0.05, 0) is 36.4 Å². The summed E-state index contributed by atoms with van der Waals surface area (Å²) in [6, 6.07) is 16.1. The monoisotopic (exact) mass is 411 g/mol. The molecule has 0 aliphatic carbocycles. The molecule has 3 N–H and O–H groups in total. The van der Waals surface area contributed by atoms with E-state index in [2.05, 4.69) is 21.4 Å². The van der Waals surface area contributed by atoms with Crippen molar-refractivity contribution in [1.29, 1.82) is 5.26 Å². The average Bonchev–Trinajstić information content (AvgIpc) is 3.22. The van der Waals surface area contributed by atoms with E-state index in [-0.39, 0.29) is 6.04 Å². The Morgan fingerprint density at radius 2 is 2.13 bits per heavy atom. The minimum absolute atomic E-state index is 0.00508. The fraction of sp³-hybridized carbons (Fsp3) is 0.208. The SMILES string of the molecule is N#Cc1ccc2cnc(N[C@H]3CCCN(C(=O)O)C3)cc2c1-c1c[nH]c2ccccc12. The Hall–Kier alpha value is -4.05. The number of nitrogens with one attached hydrogen (secondary N) is 2. The molecule has 1 fully saturated rings. The zero-order valence-corrected chi connectivity index (χ0v) is 16.8. The summed E-state index contributed by atoms with van der Waals surface area (Å²) in [6.07, 6.45) is 4.56. The van der Waals surface area contributed by atoms with Gasteiger partial charge in [0.25, 0.3) is 0 Å². The van der Waals surface area contributed by atoms with E-state index in [1.807, 2.05) is 48.7 Å². The number of para-hydroxylation sites is 1. The van der Waals surface area contributed by atoms with E-state index in [1.54, 1.807) is 6.20 Å². The zero-order chi connectivity index (χ0) is 21.4. The first kappa shape index (κ1) is 18.9. The standard InChI is InChI=1S/C24H21N5O2/c25-11-15-7-8-16-12-27-22(28-17-4-3-9-29(14-17)24(30)31)10-19(16)23(15)20-13-26-21-6-2-1-5-18(20)21/h1-2,5-8,10,12-13,17,26H,3-4,9,14H2,(H,27,28)(H,30,31)/t17-/m0/s1. The van der Waals surface area contributed by atoms with Gasteiger partial charge in [0.1, 0.15) is 5.82 Å². The molecule has 1 saturated heterocycles. The van der Waals surface area contributed by atoms with Crippen molar-refractivity contribution < 1.29 is 9.90 Å². The Labute approximate surface area is 178 Å². The van der Waals surface area contributed by atoms with Gasteiger partial charge >= 0.3 is 6.09 Å². The van der Waals surface area contributed by atoms with Crippen molar-refractivity contribution in [2.24, 2.45) is 0 Å². The van der Waals surface area contributed by atoms with Gasteiger partial charge < -0.3 is 20.3 Å². The molecule has 1 aliphatic rings. The van der Waals surface area contributed by atoms with Crippen molar-refractivity contribution in [3.63, 3.8) is 0 Å². The highest BCUT2D eigenvalue weighted by Gasteiger charge is 2.23. The normalized spacial score (nSPS) is 16.4. The molecule has 4 aromatic rings. The summed E-state index contributed by atoms with van der Waals surface area (Å²) in [7, 11) is 0. The number of rotatable bonds is 3. The van der Waals surface area contributed by atoms with Gasteiger partial charge in [-0.15, -0.1) is 0 Å². The Balaban J connectivity index is 1.59. The van der Waals surface area contributed by atoms with Crippen LogP contribution in [0.15, 0.2) is 54.9 Å². The van der Waals surface area contributed by atoms with Crippen LogP contribution in [0.3, 0.4) is 0 Å². The van der Waals surface area contributed by atoms with Crippen molar-refractivity contribution in [3.05, 3.63) is 60.4 Å². The van der Waals surface area contributed by atoms with Crippen molar-refractivity contribution in [2.45, 2.75) is 18.9 Å². The number of carboxylic acid groups (broad SMARTS) is 1. The van der Waals surface area contributed by atoms with E-state index >= 15 is 0 Å². The second-order valence-electron chi connectivity index (χ2n) is 7.85. The van der Waals surface area contributed by atoms with E-state index in [0.29, 0.717) is 24.5 Å². The molecule has 2 aromatic carbocycles. The zero-order valence-electron chi connectivity index (χ0n) is 16.8. The number of nitrogens with zero attached hydrogens (tertiary/aromatic N) is 3. The van der Waals surface area contributed by atoms with Crippen LogP contribution in [0.1, 0.15) is 18.4 Å². The number of hydrogen-bond donors (Lipinski definition) is 3. The number of amides is 1. The fourth-order valence-corrected chi connectivity index (χ4v) is 4.44. The topological polar surface area (TPSA) is 105 Å². The van der Waals surface area contributed by atoms with Crippen molar-refractivity contribution in [3.8, 4) is 17.2 Å². The lowest BCUT2D eigenvalue weighted by molar-refractivity contribution is 0.133. The summed E-state index contributed by atoms with van der Waals surface area (Å²) in [5.74, 6) is 0.681. The van der Waals surface area contributed by atoms with Gasteiger partial charge in [0.05, 0.1) is 11.6 Å². The largest absolute Gasteiger partial charge is 0.465 e. The van der Waals surface area contributed by atoms with Crippen LogP contribution >= 0.6 is 0 Å². The highest BCUT2D eigenvalue weighted by atomic mass is 16.4. The van der Waals surface area contributed by atoms with Crippen LogP contribution < -0.4 is 5.32 Å². The second-order valence-corrected chi connectivity index (χ2v) is 7.85. The highest BCUT2D eigenvalue weighted by Crippen LogP contribution is 2.37. The summed E-state index contributed by atoms with van der Waals surface area (Å²) in [5.41, 5.74) is 3.47. The van der Waals surface area contributed by atoms with Crippen molar-refractivity contribution >= 4 is 33.6 Å². The summed E-state index contributed by atoms with van der Waals surface area (Å²) in [5, 5.41) is 25.4. The Kier molecular flexibility index (Phi) is 4.68. The molecule has 0 bridgehead atoms. The van der Waals surface area contributed by atoms with Crippen LogP contribution in [0.25, 0.3) is 32.8 Å². The molecular formula is C24H21N5O2. The van der Waals surface area contributed by atoms with Crippen LogP contribution in [0.2, 0.25) is 0 Å². The molecule has 0 spiro atoms. The summed E-state index contributed by atoms with van der Waals surface area (Å²) >= 11 is 0. The predicted octanol–water partition coefficient (Wildman–Crippen LogP) is 4.81. The van der Waals surface area contributed by atoms with Crippen LogP contribution in [-0.2, 0) is 0 Å². The molecule has 1 amide bonds. The molecule has 1 aliphatic heterocycles. The fourth-order valence-electron chi connectivity index (χ4n) is 4.44. The quantitative estimate of drug-likeness (QED) is 0.449. The molecule has 0 saturated carbocycles. The lowest BCUT2D eigenvalue weighted by Gasteiger charge is -2.31. The number of nitriles is 1. The van der Waals surface area contributed by atoms with E-state index in [1.165, 1.54) is 4.90 Å². The Bertz CT molecular complexity index is 1340. The minimum atomic E-state index is -0.891. The second kappa shape index (κ2) is 7.65. The first-order valence-corrected chi connectivity index (χ1v) is 10.3. The maximum Gasteiger partial charge on any atom is 0.407 e. The van der Waals surface area contributed by atoms with E-state index < -0.39 is 6.09 Å². The molecule has 3 heterocycles. The van der Waals surface area contributed by atoms with Gasteiger partial charge in [0.15, 0.2) is 0 Å². The molecule has 5 rings (SSSR count). The van der Waals surface area contributed by atoms with Crippen LogP contribution in [0.5, 0.6) is 0 Å². The number of pyridine rings is 1. The number of carbonyl (C=O) groups is 1. The summed E-state index contributed by atoms with van der Waals surface area (Å²) in [4.78, 5) is 20.6. The molecule has 7 heteroatoms. The van der Waals surface area contributed by atoms with Crippen LogP contribution in [0.4, 0.5) is 10.6 Å². The third-order valence-corrected chi connectivity index (χ3v) is 5.93. The first-order chi connectivity index (χ1) is 15.1. The molecule has 31 heavy (non-hydrogen) atoms. The van der Waals surface area contributed by atoms with E-state index in [9.17, 15) is 15.2 Å². The number of piperidine rings is 1. The number of fused-ring (bicyclic) bond motifs is 2. The summed E-state index contributed by atoms with van der Waals surface area (Å²) in [6.45, 7) is 0.998. The number of benzene rings is 2. The van der Waals surface area contributed by atoms with Crippen LogP contribution in [0, 0.1) is 11.3 Å².